The Morgan fingerprint density at radius 1 is 1.07 bits per heavy atom. The zero-order valence-corrected chi connectivity index (χ0v) is 16.9. The Bertz CT molecular complexity index is 999. The van der Waals surface area contributed by atoms with Gasteiger partial charge in [0.15, 0.2) is 0 Å². The van der Waals surface area contributed by atoms with Crippen molar-refractivity contribution in [2.75, 3.05) is 13.2 Å². The van der Waals surface area contributed by atoms with Crippen molar-refractivity contribution in [3.05, 3.63) is 93.2 Å². The quantitative estimate of drug-likeness (QED) is 0.525. The Kier molecular flexibility index (Phi) is 5.92. The number of hydrogen-bond donors (Lipinski definition) is 0. The van der Waals surface area contributed by atoms with E-state index < -0.39 is 12.8 Å². The van der Waals surface area contributed by atoms with Crippen LogP contribution in [0.2, 0.25) is 0 Å². The SMILES string of the molecule is O=C(c1ccc(COCC(F)(F)F)cc1)N1CCc2sccc2C1c1ccccc1. The molecule has 0 N–H and O–H groups in total. The molecule has 4 rings (SSSR count). The van der Waals surface area contributed by atoms with Gasteiger partial charge in [-0.15, -0.1) is 11.3 Å². The van der Waals surface area contributed by atoms with Crippen LogP contribution in [0.25, 0.3) is 0 Å². The number of carbonyl (C=O) groups excluding carboxylic acids is 1. The van der Waals surface area contributed by atoms with Crippen LogP contribution in [-0.2, 0) is 17.8 Å². The minimum atomic E-state index is -4.35. The Hall–Kier alpha value is -2.64. The molecular weight excluding hydrogens is 411 g/mol. The van der Waals surface area contributed by atoms with Gasteiger partial charge in [0.1, 0.15) is 6.61 Å². The summed E-state index contributed by atoms with van der Waals surface area (Å²) in [4.78, 5) is 16.5. The Morgan fingerprint density at radius 2 is 1.80 bits per heavy atom. The maximum atomic E-state index is 13.3. The molecule has 1 atom stereocenters. The first-order valence-electron chi connectivity index (χ1n) is 9.58. The van der Waals surface area contributed by atoms with Gasteiger partial charge in [-0.3, -0.25) is 4.79 Å². The highest BCUT2D eigenvalue weighted by molar-refractivity contribution is 7.10. The summed E-state index contributed by atoms with van der Waals surface area (Å²) < 4.78 is 41.3. The van der Waals surface area contributed by atoms with Crippen molar-refractivity contribution >= 4 is 17.2 Å². The first kappa shape index (κ1) is 20.6. The summed E-state index contributed by atoms with van der Waals surface area (Å²) in [7, 11) is 0. The number of hydrogen-bond acceptors (Lipinski definition) is 3. The molecule has 7 heteroatoms. The van der Waals surface area contributed by atoms with Crippen molar-refractivity contribution in [3.63, 3.8) is 0 Å². The molecule has 1 unspecified atom stereocenters. The predicted octanol–water partition coefficient (Wildman–Crippen LogP) is 5.61. The van der Waals surface area contributed by atoms with E-state index in [4.69, 9.17) is 0 Å². The number of thiophene rings is 1. The lowest BCUT2D eigenvalue weighted by Crippen LogP contribution is -2.40. The molecular formula is C23H20F3NO2S. The van der Waals surface area contributed by atoms with E-state index in [1.165, 1.54) is 4.88 Å². The lowest BCUT2D eigenvalue weighted by atomic mass is 9.92. The summed E-state index contributed by atoms with van der Waals surface area (Å²) in [5.74, 6) is -0.0940. The van der Waals surface area contributed by atoms with Crippen LogP contribution in [0.15, 0.2) is 66.0 Å². The summed E-state index contributed by atoms with van der Waals surface area (Å²) in [6.45, 7) is -0.825. The first-order chi connectivity index (χ1) is 14.4. The molecule has 0 aliphatic carbocycles. The maximum absolute atomic E-state index is 13.3. The molecule has 0 radical (unpaired) electrons. The number of benzene rings is 2. The highest BCUT2D eigenvalue weighted by atomic mass is 32.1. The molecule has 0 bridgehead atoms. The third-order valence-corrected chi connectivity index (χ3v) is 6.07. The number of carbonyl (C=O) groups is 1. The van der Waals surface area contributed by atoms with Gasteiger partial charge in [0.25, 0.3) is 5.91 Å². The van der Waals surface area contributed by atoms with Gasteiger partial charge in [0.2, 0.25) is 0 Å². The molecule has 0 fully saturated rings. The Balaban J connectivity index is 1.53. The highest BCUT2D eigenvalue weighted by Gasteiger charge is 2.33. The lowest BCUT2D eigenvalue weighted by molar-refractivity contribution is -0.176. The van der Waals surface area contributed by atoms with E-state index >= 15 is 0 Å². The van der Waals surface area contributed by atoms with Gasteiger partial charge in [-0.2, -0.15) is 13.2 Å². The van der Waals surface area contributed by atoms with E-state index in [0.29, 0.717) is 17.7 Å². The molecule has 2 heterocycles. The van der Waals surface area contributed by atoms with Gasteiger partial charge in [-0.05, 0) is 46.7 Å². The van der Waals surface area contributed by atoms with Crippen LogP contribution in [0.5, 0.6) is 0 Å². The summed E-state index contributed by atoms with van der Waals surface area (Å²) in [5, 5.41) is 2.06. The van der Waals surface area contributed by atoms with Crippen molar-refractivity contribution in [1.29, 1.82) is 0 Å². The van der Waals surface area contributed by atoms with Gasteiger partial charge in [-0.25, -0.2) is 0 Å². The predicted molar refractivity (Wildman–Crippen MR) is 109 cm³/mol. The number of ether oxygens (including phenoxy) is 1. The van der Waals surface area contributed by atoms with Crippen LogP contribution in [0.3, 0.4) is 0 Å². The van der Waals surface area contributed by atoms with Crippen LogP contribution in [0.4, 0.5) is 13.2 Å². The molecule has 156 valence electrons. The van der Waals surface area contributed by atoms with Crippen LogP contribution in [0.1, 0.15) is 38.0 Å². The smallest absolute Gasteiger partial charge is 0.367 e. The normalized spacial score (nSPS) is 16.4. The molecule has 0 spiro atoms. The molecule has 1 amide bonds. The van der Waals surface area contributed by atoms with Gasteiger partial charge >= 0.3 is 6.18 Å². The van der Waals surface area contributed by atoms with E-state index in [9.17, 15) is 18.0 Å². The van der Waals surface area contributed by atoms with E-state index in [-0.39, 0.29) is 18.6 Å². The second kappa shape index (κ2) is 8.62. The maximum Gasteiger partial charge on any atom is 0.411 e. The average molecular weight is 431 g/mol. The summed E-state index contributed by atoms with van der Waals surface area (Å²) in [6, 6.07) is 18.5. The van der Waals surface area contributed by atoms with Gasteiger partial charge < -0.3 is 9.64 Å². The Labute approximate surface area is 176 Å². The fraction of sp³-hybridized carbons (Fsp3) is 0.261. The number of halogens is 3. The molecule has 3 aromatic rings. The number of fused-ring (bicyclic) bond motifs is 1. The third-order valence-electron chi connectivity index (χ3n) is 5.08. The summed E-state index contributed by atoms with van der Waals surface area (Å²) >= 11 is 1.71. The minimum absolute atomic E-state index is 0.0940. The number of amides is 1. The fourth-order valence-corrected chi connectivity index (χ4v) is 4.63. The summed E-state index contributed by atoms with van der Waals surface area (Å²) in [6.07, 6.45) is -3.54. The zero-order chi connectivity index (χ0) is 21.1. The van der Waals surface area contributed by atoms with E-state index in [1.807, 2.05) is 35.2 Å². The molecule has 1 aromatic heterocycles. The van der Waals surface area contributed by atoms with Crippen LogP contribution in [0, 0.1) is 0 Å². The number of rotatable bonds is 5. The minimum Gasteiger partial charge on any atom is -0.367 e. The van der Waals surface area contributed by atoms with Crippen LogP contribution in [-0.4, -0.2) is 30.1 Å². The van der Waals surface area contributed by atoms with Crippen LogP contribution < -0.4 is 0 Å². The standard InChI is InChI=1S/C23H20F3NO2S/c24-23(25,26)15-29-14-16-6-8-18(9-7-16)22(28)27-12-10-20-19(11-13-30-20)21(27)17-4-2-1-3-5-17/h1-9,11,13,21H,10,12,14-15H2. The molecule has 3 nitrogen and oxygen atoms in total. The van der Waals surface area contributed by atoms with Crippen molar-refractivity contribution in [2.45, 2.75) is 25.2 Å². The molecule has 30 heavy (non-hydrogen) atoms. The molecule has 1 aliphatic heterocycles. The van der Waals surface area contributed by atoms with E-state index in [1.54, 1.807) is 35.6 Å². The molecule has 0 saturated carbocycles. The first-order valence-corrected chi connectivity index (χ1v) is 10.5. The fourth-order valence-electron chi connectivity index (χ4n) is 3.72. The molecule has 2 aromatic carbocycles. The van der Waals surface area contributed by atoms with E-state index in [0.717, 1.165) is 17.5 Å². The Morgan fingerprint density at radius 3 is 2.50 bits per heavy atom. The topological polar surface area (TPSA) is 29.5 Å². The van der Waals surface area contributed by atoms with Crippen molar-refractivity contribution in [3.8, 4) is 0 Å². The van der Waals surface area contributed by atoms with Crippen molar-refractivity contribution in [1.82, 2.24) is 4.90 Å². The largest absolute Gasteiger partial charge is 0.411 e. The lowest BCUT2D eigenvalue weighted by Gasteiger charge is -2.36. The van der Waals surface area contributed by atoms with Crippen molar-refractivity contribution < 1.29 is 22.7 Å². The van der Waals surface area contributed by atoms with Crippen LogP contribution >= 0.6 is 11.3 Å². The van der Waals surface area contributed by atoms with Gasteiger partial charge in [0, 0.05) is 17.0 Å². The van der Waals surface area contributed by atoms with Gasteiger partial charge in [0.05, 0.1) is 12.6 Å². The zero-order valence-electron chi connectivity index (χ0n) is 16.1. The second-order valence-electron chi connectivity index (χ2n) is 7.17. The monoisotopic (exact) mass is 431 g/mol. The van der Waals surface area contributed by atoms with Gasteiger partial charge in [-0.1, -0.05) is 42.5 Å². The molecule has 1 aliphatic rings. The highest BCUT2D eigenvalue weighted by Crippen LogP contribution is 2.38. The third kappa shape index (κ3) is 4.57. The average Bonchev–Trinajstić information content (AvgIpc) is 3.21. The number of alkyl halides is 3. The number of nitrogens with zero attached hydrogens (tertiary/aromatic N) is 1. The van der Waals surface area contributed by atoms with E-state index in [2.05, 4.69) is 16.2 Å². The van der Waals surface area contributed by atoms with Crippen molar-refractivity contribution in [2.24, 2.45) is 0 Å². The second-order valence-corrected chi connectivity index (χ2v) is 8.17. The molecule has 0 saturated heterocycles. The summed E-state index contributed by atoms with van der Waals surface area (Å²) in [5.41, 5.74) is 3.31.